The molecule has 0 spiro atoms. The summed E-state index contributed by atoms with van der Waals surface area (Å²) in [5.41, 5.74) is -6.56. The number of rotatable bonds is 6. The maximum atomic E-state index is 12.8. The number of alkyl halides is 6. The highest BCUT2D eigenvalue weighted by atomic mass is 31.2. The summed E-state index contributed by atoms with van der Waals surface area (Å²) in [6, 6.07) is 1.95. The molecule has 1 rings (SSSR count). The van der Waals surface area contributed by atoms with Crippen LogP contribution < -0.4 is 4.52 Å². The van der Waals surface area contributed by atoms with Gasteiger partial charge in [0, 0.05) is 18.7 Å². The van der Waals surface area contributed by atoms with Crippen molar-refractivity contribution < 1.29 is 45.4 Å². The summed E-state index contributed by atoms with van der Waals surface area (Å²) in [5.74, 6) is -0.423. The summed E-state index contributed by atoms with van der Waals surface area (Å²) in [7, 11) is -4.32. The molecule has 0 aliphatic rings. The molecule has 1 aromatic carbocycles. The van der Waals surface area contributed by atoms with Crippen LogP contribution in [0.1, 0.15) is 19.4 Å². The molecule has 0 bridgehead atoms. The average Bonchev–Trinajstić information content (AvgIpc) is 2.45. The molecule has 0 aliphatic heterocycles. The van der Waals surface area contributed by atoms with Crippen molar-refractivity contribution in [2.45, 2.75) is 31.8 Å². The lowest BCUT2D eigenvalue weighted by atomic mass is 9.92. The standard InChI is InChI=1S/C13H16F6NO4P/c1-3-20(4-2)25(22,23)24-10-7-5-9(6-8-10)11(21,12(14,15)16)13(17,18)19/h5-8,21H,3-4H2,1-2H3,(H,22,23). The van der Waals surface area contributed by atoms with Gasteiger partial charge in [-0.1, -0.05) is 26.0 Å². The highest BCUT2D eigenvalue weighted by Gasteiger charge is 2.71. The molecule has 0 aromatic heterocycles. The summed E-state index contributed by atoms with van der Waals surface area (Å²) in [6.45, 7) is 3.38. The zero-order valence-electron chi connectivity index (χ0n) is 13.1. The molecule has 144 valence electrons. The number of hydrogen-bond donors (Lipinski definition) is 2. The number of hydrogen-bond acceptors (Lipinski definition) is 3. The summed E-state index contributed by atoms with van der Waals surface area (Å²) in [5, 5.41) is 9.24. The number of benzene rings is 1. The molecule has 0 amide bonds. The fraction of sp³-hybridized carbons (Fsp3) is 0.538. The van der Waals surface area contributed by atoms with Crippen LogP contribution in [0.15, 0.2) is 24.3 Å². The predicted molar refractivity (Wildman–Crippen MR) is 75.8 cm³/mol. The molecule has 12 heteroatoms. The zero-order valence-corrected chi connectivity index (χ0v) is 14.0. The first-order valence-corrected chi connectivity index (χ1v) is 8.48. The third-order valence-corrected chi connectivity index (χ3v) is 5.13. The third kappa shape index (κ3) is 4.28. The van der Waals surface area contributed by atoms with Crippen molar-refractivity contribution in [3.63, 3.8) is 0 Å². The minimum Gasteiger partial charge on any atom is -0.413 e. The second kappa shape index (κ2) is 7.14. The van der Waals surface area contributed by atoms with Gasteiger partial charge in [-0.3, -0.25) is 0 Å². The minimum atomic E-state index is -6.01. The molecule has 1 aromatic rings. The lowest BCUT2D eigenvalue weighted by Crippen LogP contribution is -2.53. The van der Waals surface area contributed by atoms with Crippen LogP contribution in [0.25, 0.3) is 0 Å². The smallest absolute Gasteiger partial charge is 0.413 e. The molecule has 0 radical (unpaired) electrons. The lowest BCUT2D eigenvalue weighted by Gasteiger charge is -2.32. The van der Waals surface area contributed by atoms with Gasteiger partial charge in [-0.05, 0) is 12.1 Å². The zero-order chi connectivity index (χ0) is 19.7. The third-order valence-electron chi connectivity index (χ3n) is 3.40. The van der Waals surface area contributed by atoms with Crippen molar-refractivity contribution in [1.82, 2.24) is 4.67 Å². The van der Waals surface area contributed by atoms with Crippen molar-refractivity contribution in [1.29, 1.82) is 0 Å². The van der Waals surface area contributed by atoms with Crippen molar-refractivity contribution in [3.05, 3.63) is 29.8 Å². The maximum absolute atomic E-state index is 12.8. The van der Waals surface area contributed by atoms with Crippen molar-refractivity contribution in [2.24, 2.45) is 0 Å². The van der Waals surface area contributed by atoms with E-state index >= 15 is 0 Å². The van der Waals surface area contributed by atoms with Crippen molar-refractivity contribution >= 4 is 7.75 Å². The van der Waals surface area contributed by atoms with E-state index in [4.69, 9.17) is 4.52 Å². The molecular formula is C13H16F6NO4P. The van der Waals surface area contributed by atoms with Crippen LogP contribution in [-0.2, 0) is 10.2 Å². The summed E-state index contributed by atoms with van der Waals surface area (Å²) in [4.78, 5) is 9.77. The summed E-state index contributed by atoms with van der Waals surface area (Å²) >= 11 is 0. The van der Waals surface area contributed by atoms with Gasteiger partial charge in [0.15, 0.2) is 0 Å². The highest BCUT2D eigenvalue weighted by Crippen LogP contribution is 2.51. The Balaban J connectivity index is 3.20. The quantitative estimate of drug-likeness (QED) is 0.566. The van der Waals surface area contributed by atoms with Gasteiger partial charge in [-0.15, -0.1) is 0 Å². The van der Waals surface area contributed by atoms with Crippen LogP contribution in [0, 0.1) is 0 Å². The van der Waals surface area contributed by atoms with Crippen LogP contribution in [0.3, 0.4) is 0 Å². The monoisotopic (exact) mass is 395 g/mol. The van der Waals surface area contributed by atoms with E-state index in [0.717, 1.165) is 4.67 Å². The lowest BCUT2D eigenvalue weighted by molar-refractivity contribution is -0.376. The molecule has 0 heterocycles. The van der Waals surface area contributed by atoms with E-state index < -0.39 is 37.0 Å². The van der Waals surface area contributed by atoms with E-state index in [2.05, 4.69) is 0 Å². The second-order valence-corrected chi connectivity index (χ2v) is 6.68. The molecule has 0 saturated heterocycles. The first-order valence-electron chi connectivity index (χ1n) is 6.94. The normalized spacial score (nSPS) is 16.0. The molecular weight excluding hydrogens is 379 g/mol. The molecule has 2 N–H and O–H groups in total. The largest absolute Gasteiger partial charge is 0.458 e. The number of aliphatic hydroxyl groups is 1. The van der Waals surface area contributed by atoms with E-state index in [0.29, 0.717) is 24.3 Å². The maximum Gasteiger partial charge on any atom is 0.458 e. The van der Waals surface area contributed by atoms with Gasteiger partial charge in [0.1, 0.15) is 5.75 Å². The van der Waals surface area contributed by atoms with Gasteiger partial charge in [-0.25, -0.2) is 4.57 Å². The molecule has 5 nitrogen and oxygen atoms in total. The summed E-state index contributed by atoms with van der Waals surface area (Å²) < 4.78 is 94.4. The SMILES string of the molecule is CCN(CC)P(=O)(O)Oc1ccc(C(O)(C(F)(F)F)C(F)(F)F)cc1. The second-order valence-electron chi connectivity index (χ2n) is 4.95. The van der Waals surface area contributed by atoms with Crippen LogP contribution in [-0.4, -0.2) is 40.1 Å². The molecule has 1 unspecified atom stereocenters. The Morgan fingerprint density at radius 2 is 1.40 bits per heavy atom. The van der Waals surface area contributed by atoms with Crippen LogP contribution in [0.2, 0.25) is 0 Å². The van der Waals surface area contributed by atoms with Crippen molar-refractivity contribution in [3.8, 4) is 5.75 Å². The summed E-state index contributed by atoms with van der Waals surface area (Å²) in [6.07, 6.45) is -12.0. The molecule has 0 aliphatic carbocycles. The Hall–Kier alpha value is -1.29. The molecule has 25 heavy (non-hydrogen) atoms. The number of nitrogens with zero attached hydrogens (tertiary/aromatic N) is 1. The van der Waals surface area contributed by atoms with Gasteiger partial charge in [-0.2, -0.15) is 31.0 Å². The van der Waals surface area contributed by atoms with Gasteiger partial charge < -0.3 is 14.5 Å². The van der Waals surface area contributed by atoms with Gasteiger partial charge in [0.2, 0.25) is 0 Å². The number of halogens is 6. The van der Waals surface area contributed by atoms with E-state index in [-0.39, 0.29) is 13.1 Å². The fourth-order valence-electron chi connectivity index (χ4n) is 2.02. The average molecular weight is 395 g/mol. The van der Waals surface area contributed by atoms with E-state index in [1.807, 2.05) is 0 Å². The fourth-order valence-corrected chi connectivity index (χ4v) is 3.25. The van der Waals surface area contributed by atoms with Gasteiger partial charge in [0.25, 0.3) is 5.60 Å². The van der Waals surface area contributed by atoms with Gasteiger partial charge >= 0.3 is 20.1 Å². The Kier molecular flexibility index (Phi) is 6.22. The highest BCUT2D eigenvalue weighted by molar-refractivity contribution is 7.50. The van der Waals surface area contributed by atoms with Gasteiger partial charge in [0.05, 0.1) is 0 Å². The van der Waals surface area contributed by atoms with Crippen LogP contribution >= 0.6 is 7.75 Å². The van der Waals surface area contributed by atoms with Crippen LogP contribution in [0.5, 0.6) is 5.75 Å². The van der Waals surface area contributed by atoms with E-state index in [1.54, 1.807) is 13.8 Å². The Labute approximate surface area is 139 Å². The predicted octanol–water partition coefficient (Wildman–Crippen LogP) is 3.82. The Morgan fingerprint density at radius 1 is 1.00 bits per heavy atom. The van der Waals surface area contributed by atoms with E-state index in [9.17, 15) is 40.9 Å². The minimum absolute atomic E-state index is 0.129. The first kappa shape index (κ1) is 21.8. The van der Waals surface area contributed by atoms with Crippen LogP contribution in [0.4, 0.5) is 26.3 Å². The Bertz CT molecular complexity index is 613. The molecule has 1 atom stereocenters. The first-order chi connectivity index (χ1) is 11.2. The molecule has 0 saturated carbocycles. The van der Waals surface area contributed by atoms with E-state index in [1.165, 1.54) is 0 Å². The van der Waals surface area contributed by atoms with Crippen molar-refractivity contribution in [2.75, 3.05) is 13.1 Å². The Morgan fingerprint density at radius 3 is 1.72 bits per heavy atom. The molecule has 0 fully saturated rings. The topological polar surface area (TPSA) is 70.0 Å².